The number of benzene rings is 2. The molecule has 5 nitrogen and oxygen atoms in total. The minimum Gasteiger partial charge on any atom is -0.493 e. The Balaban J connectivity index is 2.02. The number of carbonyl (C=O) groups is 1. The Hall–Kier alpha value is -3.09. The fourth-order valence-electron chi connectivity index (χ4n) is 2.63. The second-order valence-corrected chi connectivity index (χ2v) is 6.12. The maximum absolute atomic E-state index is 12.9. The van der Waals surface area contributed by atoms with E-state index in [2.05, 4.69) is 4.74 Å². The SMILES string of the molecule is COc1cc(C=CC(=O)c2ccccc2)c(OC)c(OC2CC2)c1OC(F)F. The maximum atomic E-state index is 12.9. The van der Waals surface area contributed by atoms with Gasteiger partial charge in [0.05, 0.1) is 20.3 Å². The molecular formula is C21H20F2O5. The zero-order chi connectivity index (χ0) is 20.1. The summed E-state index contributed by atoms with van der Waals surface area (Å²) in [4.78, 5) is 12.3. The van der Waals surface area contributed by atoms with Crippen molar-refractivity contribution in [3.63, 3.8) is 0 Å². The number of ether oxygens (including phenoxy) is 4. The molecule has 1 aliphatic carbocycles. The van der Waals surface area contributed by atoms with Gasteiger partial charge in [-0.2, -0.15) is 8.78 Å². The predicted molar refractivity (Wildman–Crippen MR) is 99.6 cm³/mol. The summed E-state index contributed by atoms with van der Waals surface area (Å²) in [6.07, 6.45) is 4.44. The standard InChI is InChI=1S/C21H20F2O5/c1-25-17-12-14(8-11-16(24)13-6-4-3-5-7-13)18(26-2)20(27-15-9-10-15)19(17)28-21(22)23/h3-8,11-12,15,21H,9-10H2,1-2H3. The van der Waals surface area contributed by atoms with Gasteiger partial charge in [-0.15, -0.1) is 0 Å². The lowest BCUT2D eigenvalue weighted by atomic mass is 10.1. The molecule has 0 N–H and O–H groups in total. The summed E-state index contributed by atoms with van der Waals surface area (Å²) in [6.45, 7) is -3.05. The van der Waals surface area contributed by atoms with E-state index in [1.807, 2.05) is 6.07 Å². The van der Waals surface area contributed by atoms with Gasteiger partial charge < -0.3 is 18.9 Å². The third-order valence-corrected chi connectivity index (χ3v) is 4.10. The molecule has 28 heavy (non-hydrogen) atoms. The Kier molecular flexibility index (Phi) is 6.13. The van der Waals surface area contributed by atoms with E-state index < -0.39 is 6.61 Å². The van der Waals surface area contributed by atoms with Crippen LogP contribution in [-0.2, 0) is 0 Å². The monoisotopic (exact) mass is 390 g/mol. The number of methoxy groups -OCH3 is 2. The highest BCUT2D eigenvalue weighted by Crippen LogP contribution is 2.49. The highest BCUT2D eigenvalue weighted by atomic mass is 19.3. The van der Waals surface area contributed by atoms with Crippen molar-refractivity contribution in [2.75, 3.05) is 14.2 Å². The molecule has 0 radical (unpaired) electrons. The van der Waals surface area contributed by atoms with Crippen molar-refractivity contribution in [3.8, 4) is 23.0 Å². The first-order valence-corrected chi connectivity index (χ1v) is 8.71. The third kappa shape index (κ3) is 4.60. The molecule has 2 aromatic carbocycles. The Bertz CT molecular complexity index is 861. The molecule has 2 aromatic rings. The fourth-order valence-corrected chi connectivity index (χ4v) is 2.63. The van der Waals surface area contributed by atoms with Crippen molar-refractivity contribution < 1.29 is 32.5 Å². The largest absolute Gasteiger partial charge is 0.493 e. The first kappa shape index (κ1) is 19.7. The van der Waals surface area contributed by atoms with Crippen molar-refractivity contribution in [2.24, 2.45) is 0 Å². The molecule has 1 fully saturated rings. The molecule has 0 bridgehead atoms. The molecule has 0 atom stereocenters. The van der Waals surface area contributed by atoms with Crippen LogP contribution in [0.15, 0.2) is 42.5 Å². The lowest BCUT2D eigenvalue weighted by molar-refractivity contribution is -0.0531. The zero-order valence-corrected chi connectivity index (χ0v) is 15.5. The second-order valence-electron chi connectivity index (χ2n) is 6.12. The predicted octanol–water partition coefficient (Wildman–Crippen LogP) is 4.74. The lowest BCUT2D eigenvalue weighted by Crippen LogP contribution is -2.09. The van der Waals surface area contributed by atoms with Gasteiger partial charge in [0.1, 0.15) is 0 Å². The molecule has 0 aliphatic heterocycles. The molecular weight excluding hydrogens is 370 g/mol. The molecule has 0 spiro atoms. The van der Waals surface area contributed by atoms with Gasteiger partial charge >= 0.3 is 6.61 Å². The molecule has 148 valence electrons. The van der Waals surface area contributed by atoms with E-state index in [-0.39, 0.29) is 34.9 Å². The van der Waals surface area contributed by atoms with Crippen molar-refractivity contribution >= 4 is 11.9 Å². The molecule has 1 saturated carbocycles. The van der Waals surface area contributed by atoms with Crippen LogP contribution in [0.4, 0.5) is 8.78 Å². The Morgan fingerprint density at radius 3 is 2.36 bits per heavy atom. The van der Waals surface area contributed by atoms with Crippen LogP contribution in [0.5, 0.6) is 23.0 Å². The first-order valence-electron chi connectivity index (χ1n) is 8.71. The second kappa shape index (κ2) is 8.73. The highest BCUT2D eigenvalue weighted by Gasteiger charge is 2.31. The lowest BCUT2D eigenvalue weighted by Gasteiger charge is -2.19. The van der Waals surface area contributed by atoms with Crippen LogP contribution in [0, 0.1) is 0 Å². The van der Waals surface area contributed by atoms with E-state index in [4.69, 9.17) is 14.2 Å². The van der Waals surface area contributed by atoms with Crippen molar-refractivity contribution in [2.45, 2.75) is 25.6 Å². The number of alkyl halides is 2. The van der Waals surface area contributed by atoms with Crippen molar-refractivity contribution in [1.29, 1.82) is 0 Å². The minimum absolute atomic E-state index is 0.0384. The summed E-state index contributed by atoms with van der Waals surface area (Å²) in [5.74, 6) is -0.146. The fraction of sp³-hybridized carbons (Fsp3) is 0.286. The summed E-state index contributed by atoms with van der Waals surface area (Å²) in [6, 6.07) is 10.2. The van der Waals surface area contributed by atoms with Crippen LogP contribution in [0.2, 0.25) is 0 Å². The summed E-state index contributed by atoms with van der Waals surface area (Å²) < 4.78 is 46.8. The number of ketones is 1. The van der Waals surface area contributed by atoms with Gasteiger partial charge in [0.25, 0.3) is 0 Å². The molecule has 0 saturated heterocycles. The van der Waals surface area contributed by atoms with Crippen LogP contribution in [0.3, 0.4) is 0 Å². The van der Waals surface area contributed by atoms with Gasteiger partial charge in [0.2, 0.25) is 11.5 Å². The van der Waals surface area contributed by atoms with Crippen LogP contribution < -0.4 is 18.9 Å². The summed E-state index contributed by atoms with van der Waals surface area (Å²) >= 11 is 0. The van der Waals surface area contributed by atoms with Gasteiger partial charge in [0, 0.05) is 11.1 Å². The summed E-state index contributed by atoms with van der Waals surface area (Å²) in [7, 11) is 2.73. The number of halogens is 2. The normalized spacial score (nSPS) is 13.6. The third-order valence-electron chi connectivity index (χ3n) is 4.10. The van der Waals surface area contributed by atoms with Crippen LogP contribution in [0.1, 0.15) is 28.8 Å². The molecule has 3 rings (SSSR count). The van der Waals surface area contributed by atoms with E-state index in [0.717, 1.165) is 12.8 Å². The molecule has 0 unspecified atom stereocenters. The van der Waals surface area contributed by atoms with Gasteiger partial charge in [-0.3, -0.25) is 4.79 Å². The van der Waals surface area contributed by atoms with E-state index in [1.165, 1.54) is 32.4 Å². The van der Waals surface area contributed by atoms with E-state index in [1.54, 1.807) is 24.3 Å². The van der Waals surface area contributed by atoms with Crippen LogP contribution in [-0.4, -0.2) is 32.7 Å². The number of carbonyl (C=O) groups excluding carboxylic acids is 1. The number of hydrogen-bond acceptors (Lipinski definition) is 5. The van der Waals surface area contributed by atoms with Gasteiger partial charge in [-0.05, 0) is 31.1 Å². The van der Waals surface area contributed by atoms with Gasteiger partial charge in [0.15, 0.2) is 17.3 Å². The molecule has 7 heteroatoms. The molecule has 0 aromatic heterocycles. The topological polar surface area (TPSA) is 54.0 Å². The molecule has 1 aliphatic rings. The van der Waals surface area contributed by atoms with E-state index >= 15 is 0 Å². The van der Waals surface area contributed by atoms with Gasteiger partial charge in [-0.1, -0.05) is 30.3 Å². The average molecular weight is 390 g/mol. The Morgan fingerprint density at radius 1 is 1.07 bits per heavy atom. The maximum Gasteiger partial charge on any atom is 0.387 e. The average Bonchev–Trinajstić information content (AvgIpc) is 3.52. The highest BCUT2D eigenvalue weighted by molar-refractivity contribution is 6.07. The molecule has 0 heterocycles. The smallest absolute Gasteiger partial charge is 0.387 e. The van der Waals surface area contributed by atoms with Crippen molar-refractivity contribution in [3.05, 3.63) is 53.6 Å². The van der Waals surface area contributed by atoms with Crippen molar-refractivity contribution in [1.82, 2.24) is 0 Å². The summed E-state index contributed by atoms with van der Waals surface area (Å²) in [5.41, 5.74) is 0.970. The number of allylic oxidation sites excluding steroid dienone is 1. The molecule has 0 amide bonds. The number of hydrogen-bond donors (Lipinski definition) is 0. The first-order chi connectivity index (χ1) is 13.5. The Morgan fingerprint density at radius 2 is 1.79 bits per heavy atom. The summed E-state index contributed by atoms with van der Waals surface area (Å²) in [5, 5.41) is 0. The number of rotatable bonds is 9. The van der Waals surface area contributed by atoms with E-state index in [0.29, 0.717) is 11.1 Å². The van der Waals surface area contributed by atoms with E-state index in [9.17, 15) is 13.6 Å². The zero-order valence-electron chi connectivity index (χ0n) is 15.5. The minimum atomic E-state index is -3.05. The van der Waals surface area contributed by atoms with Gasteiger partial charge in [-0.25, -0.2) is 0 Å². The van der Waals surface area contributed by atoms with Crippen LogP contribution in [0.25, 0.3) is 6.08 Å². The Labute approximate surface area is 161 Å². The quantitative estimate of drug-likeness (QED) is 0.457. The van der Waals surface area contributed by atoms with Crippen LogP contribution >= 0.6 is 0 Å².